The first-order valence-corrected chi connectivity index (χ1v) is 6.87. The number of carbonyl (C=O) groups is 2. The van der Waals surface area contributed by atoms with Gasteiger partial charge in [0.2, 0.25) is 0 Å². The van der Waals surface area contributed by atoms with Crippen molar-refractivity contribution in [1.82, 2.24) is 25.8 Å². The molecule has 0 radical (unpaired) electrons. The first-order chi connectivity index (χ1) is 10.3. The van der Waals surface area contributed by atoms with E-state index in [9.17, 15) is 9.59 Å². The number of H-pyrrole nitrogens is 1. The average molecular weight is 301 g/mol. The standard InChI is InChI=1S/C15H19N5O2/c1-10-5-7-11(8-6-10)13(21)18-20(15(2,3)4)14(22)12-9-16-19-17-12/h5-9H,1-4H3,(H,18,21)(H,16,17,19). The molecule has 0 saturated carbocycles. The summed E-state index contributed by atoms with van der Waals surface area (Å²) in [4.78, 5) is 24.8. The normalized spacial score (nSPS) is 11.1. The lowest BCUT2D eigenvalue weighted by molar-refractivity contribution is 0.0353. The number of rotatable bonds is 2. The zero-order valence-corrected chi connectivity index (χ0v) is 13.0. The Balaban J connectivity index is 2.22. The van der Waals surface area contributed by atoms with E-state index in [-0.39, 0.29) is 11.6 Å². The van der Waals surface area contributed by atoms with Gasteiger partial charge in [-0.1, -0.05) is 17.7 Å². The second-order valence-corrected chi connectivity index (χ2v) is 5.97. The second kappa shape index (κ2) is 5.97. The molecule has 7 heteroatoms. The van der Waals surface area contributed by atoms with Gasteiger partial charge in [0.25, 0.3) is 11.8 Å². The van der Waals surface area contributed by atoms with Gasteiger partial charge < -0.3 is 0 Å². The molecule has 0 aliphatic heterocycles. The monoisotopic (exact) mass is 301 g/mol. The van der Waals surface area contributed by atoms with Crippen LogP contribution in [0.1, 0.15) is 47.2 Å². The summed E-state index contributed by atoms with van der Waals surface area (Å²) in [5.41, 5.74) is 3.71. The Kier molecular flexibility index (Phi) is 4.25. The van der Waals surface area contributed by atoms with E-state index in [4.69, 9.17) is 0 Å². The molecular formula is C15H19N5O2. The van der Waals surface area contributed by atoms with E-state index in [1.165, 1.54) is 11.2 Å². The molecule has 0 spiro atoms. The third-order valence-electron chi connectivity index (χ3n) is 3.04. The van der Waals surface area contributed by atoms with Crippen LogP contribution < -0.4 is 5.43 Å². The van der Waals surface area contributed by atoms with Gasteiger partial charge in [0.05, 0.1) is 11.7 Å². The predicted molar refractivity (Wildman–Crippen MR) is 81.0 cm³/mol. The quantitative estimate of drug-likeness (QED) is 0.826. The maximum atomic E-state index is 12.5. The third-order valence-corrected chi connectivity index (χ3v) is 3.04. The van der Waals surface area contributed by atoms with Gasteiger partial charge in [-0.15, -0.1) is 0 Å². The van der Waals surface area contributed by atoms with E-state index in [1.54, 1.807) is 12.1 Å². The highest BCUT2D eigenvalue weighted by Gasteiger charge is 2.30. The number of aromatic nitrogens is 3. The van der Waals surface area contributed by atoms with Crippen molar-refractivity contribution < 1.29 is 9.59 Å². The maximum Gasteiger partial charge on any atom is 0.294 e. The van der Waals surface area contributed by atoms with Gasteiger partial charge in [-0.25, -0.2) is 5.01 Å². The van der Waals surface area contributed by atoms with Gasteiger partial charge in [-0.2, -0.15) is 15.4 Å². The van der Waals surface area contributed by atoms with E-state index in [0.29, 0.717) is 5.56 Å². The Hall–Kier alpha value is -2.70. The molecule has 0 aliphatic carbocycles. The van der Waals surface area contributed by atoms with Crippen LogP contribution in [-0.4, -0.2) is 37.8 Å². The zero-order valence-electron chi connectivity index (χ0n) is 13.0. The molecule has 1 aromatic heterocycles. The summed E-state index contributed by atoms with van der Waals surface area (Å²) in [6.07, 6.45) is 1.32. The molecule has 7 nitrogen and oxygen atoms in total. The molecule has 116 valence electrons. The van der Waals surface area contributed by atoms with E-state index >= 15 is 0 Å². The van der Waals surface area contributed by atoms with Gasteiger partial charge in [-0.05, 0) is 39.8 Å². The number of nitrogens with one attached hydrogen (secondary N) is 2. The Morgan fingerprint density at radius 1 is 1.18 bits per heavy atom. The Labute approximate surface area is 128 Å². The minimum Gasteiger partial charge on any atom is -0.267 e. The van der Waals surface area contributed by atoms with Crippen LogP contribution in [0.15, 0.2) is 30.5 Å². The summed E-state index contributed by atoms with van der Waals surface area (Å²) in [7, 11) is 0. The molecule has 1 heterocycles. The molecule has 2 N–H and O–H groups in total. The lowest BCUT2D eigenvalue weighted by Gasteiger charge is -2.34. The van der Waals surface area contributed by atoms with Crippen molar-refractivity contribution in [3.05, 3.63) is 47.3 Å². The summed E-state index contributed by atoms with van der Waals surface area (Å²) in [5, 5.41) is 11.0. The van der Waals surface area contributed by atoms with Gasteiger partial charge in [0.15, 0.2) is 5.69 Å². The predicted octanol–water partition coefficient (Wildman–Crippen LogP) is 1.70. The Morgan fingerprint density at radius 3 is 2.32 bits per heavy atom. The van der Waals surface area contributed by atoms with Crippen LogP contribution in [0, 0.1) is 6.92 Å². The summed E-state index contributed by atoms with van der Waals surface area (Å²) in [5.74, 6) is -0.784. The molecule has 2 aromatic rings. The number of aryl methyl sites for hydroxylation is 1. The van der Waals surface area contributed by atoms with Crippen LogP contribution in [0.3, 0.4) is 0 Å². The molecule has 0 unspecified atom stereocenters. The highest BCUT2D eigenvalue weighted by molar-refractivity contribution is 5.98. The molecule has 0 atom stereocenters. The van der Waals surface area contributed by atoms with Crippen LogP contribution in [0.25, 0.3) is 0 Å². The Bertz CT molecular complexity index is 656. The number of benzene rings is 1. The highest BCUT2D eigenvalue weighted by atomic mass is 16.2. The van der Waals surface area contributed by atoms with Crippen molar-refractivity contribution in [2.24, 2.45) is 0 Å². The average Bonchev–Trinajstić information content (AvgIpc) is 2.97. The molecule has 0 fully saturated rings. The minimum atomic E-state index is -0.615. The van der Waals surface area contributed by atoms with E-state index in [0.717, 1.165) is 5.56 Å². The third kappa shape index (κ3) is 3.49. The van der Waals surface area contributed by atoms with E-state index < -0.39 is 11.4 Å². The number of hydrogen-bond donors (Lipinski definition) is 2. The molecule has 2 rings (SSSR count). The van der Waals surface area contributed by atoms with Gasteiger partial charge >= 0.3 is 0 Å². The smallest absolute Gasteiger partial charge is 0.267 e. The van der Waals surface area contributed by atoms with Crippen molar-refractivity contribution in [1.29, 1.82) is 0 Å². The first kappa shape index (κ1) is 15.7. The summed E-state index contributed by atoms with van der Waals surface area (Å²) < 4.78 is 0. The number of carbonyl (C=O) groups excluding carboxylic acids is 2. The largest absolute Gasteiger partial charge is 0.294 e. The number of aromatic amines is 1. The van der Waals surface area contributed by atoms with Crippen LogP contribution in [0.2, 0.25) is 0 Å². The van der Waals surface area contributed by atoms with Crippen LogP contribution in [-0.2, 0) is 0 Å². The Morgan fingerprint density at radius 2 is 1.82 bits per heavy atom. The van der Waals surface area contributed by atoms with Crippen molar-refractivity contribution in [2.75, 3.05) is 0 Å². The molecular weight excluding hydrogens is 282 g/mol. The molecule has 1 aromatic carbocycles. The zero-order chi connectivity index (χ0) is 16.3. The molecule has 2 amide bonds. The fraction of sp³-hybridized carbons (Fsp3) is 0.333. The van der Waals surface area contributed by atoms with Crippen molar-refractivity contribution >= 4 is 11.8 Å². The van der Waals surface area contributed by atoms with Gasteiger partial charge in [0, 0.05) is 5.56 Å². The fourth-order valence-corrected chi connectivity index (χ4v) is 1.81. The molecule has 22 heavy (non-hydrogen) atoms. The summed E-state index contributed by atoms with van der Waals surface area (Å²) in [6, 6.07) is 7.11. The van der Waals surface area contributed by atoms with Crippen LogP contribution in [0.5, 0.6) is 0 Å². The lowest BCUT2D eigenvalue weighted by Crippen LogP contribution is -2.56. The first-order valence-electron chi connectivity index (χ1n) is 6.87. The minimum absolute atomic E-state index is 0.138. The number of nitrogens with zero attached hydrogens (tertiary/aromatic N) is 3. The lowest BCUT2D eigenvalue weighted by atomic mass is 10.1. The maximum absolute atomic E-state index is 12.5. The SMILES string of the molecule is Cc1ccc(C(=O)NN(C(=O)c2cn[nH]n2)C(C)(C)C)cc1. The van der Waals surface area contributed by atoms with Crippen LogP contribution >= 0.6 is 0 Å². The summed E-state index contributed by atoms with van der Waals surface area (Å²) in [6.45, 7) is 7.40. The van der Waals surface area contributed by atoms with Crippen molar-refractivity contribution in [3.8, 4) is 0 Å². The van der Waals surface area contributed by atoms with Crippen molar-refractivity contribution in [3.63, 3.8) is 0 Å². The molecule has 0 bridgehead atoms. The molecule has 0 saturated heterocycles. The van der Waals surface area contributed by atoms with Gasteiger partial charge in [-0.3, -0.25) is 15.0 Å². The highest BCUT2D eigenvalue weighted by Crippen LogP contribution is 2.14. The van der Waals surface area contributed by atoms with E-state index in [2.05, 4.69) is 20.8 Å². The second-order valence-electron chi connectivity index (χ2n) is 5.97. The van der Waals surface area contributed by atoms with E-state index in [1.807, 2.05) is 39.8 Å². The van der Waals surface area contributed by atoms with Gasteiger partial charge in [0.1, 0.15) is 0 Å². The summed E-state index contributed by atoms with van der Waals surface area (Å²) >= 11 is 0. The van der Waals surface area contributed by atoms with Crippen LogP contribution in [0.4, 0.5) is 0 Å². The topological polar surface area (TPSA) is 91.0 Å². The number of hydrogen-bond acceptors (Lipinski definition) is 4. The number of amides is 2. The number of hydrazine groups is 1. The van der Waals surface area contributed by atoms with Crippen molar-refractivity contribution in [2.45, 2.75) is 33.2 Å². The fourth-order valence-electron chi connectivity index (χ4n) is 1.81. The molecule has 0 aliphatic rings.